The predicted octanol–water partition coefficient (Wildman–Crippen LogP) is 4.28. The molecule has 8 heteroatoms. The zero-order chi connectivity index (χ0) is 22.6. The van der Waals surface area contributed by atoms with E-state index in [2.05, 4.69) is 30.8 Å². The standard InChI is InChI=1S/C25H25FN6O/c1-16-2-7-20(32-31-16)14-28-25-22-12-18(17-3-5-19(26)6-4-17)13-23(24(22)29-15-30-25)33-21-8-10-27-11-9-21/h2-7,12-13,15,21,27H,8-11,14H2,1H3,(H,28,29,30). The van der Waals surface area contributed by atoms with Crippen molar-refractivity contribution >= 4 is 16.7 Å². The Morgan fingerprint density at radius 3 is 2.58 bits per heavy atom. The summed E-state index contributed by atoms with van der Waals surface area (Å²) in [6.45, 7) is 4.24. The summed E-state index contributed by atoms with van der Waals surface area (Å²) in [5.74, 6) is 1.12. The number of piperidine rings is 1. The first-order valence-electron chi connectivity index (χ1n) is 11.1. The second kappa shape index (κ2) is 9.46. The highest BCUT2D eigenvalue weighted by Crippen LogP contribution is 2.35. The number of nitrogens with one attached hydrogen (secondary N) is 2. The average molecular weight is 445 g/mol. The highest BCUT2D eigenvalue weighted by Gasteiger charge is 2.19. The average Bonchev–Trinajstić information content (AvgIpc) is 2.85. The summed E-state index contributed by atoms with van der Waals surface area (Å²) >= 11 is 0. The minimum Gasteiger partial charge on any atom is -0.488 e. The van der Waals surface area contributed by atoms with Gasteiger partial charge in [0.05, 0.1) is 17.9 Å². The number of ether oxygens (including phenoxy) is 1. The van der Waals surface area contributed by atoms with E-state index in [4.69, 9.17) is 4.74 Å². The van der Waals surface area contributed by atoms with Crippen LogP contribution in [0.3, 0.4) is 0 Å². The number of rotatable bonds is 6. The van der Waals surface area contributed by atoms with Gasteiger partial charge in [0.2, 0.25) is 0 Å². The van der Waals surface area contributed by atoms with Gasteiger partial charge < -0.3 is 15.4 Å². The maximum Gasteiger partial charge on any atom is 0.146 e. The number of halogens is 1. The van der Waals surface area contributed by atoms with Crippen LogP contribution in [0.1, 0.15) is 24.2 Å². The Labute approximate surface area is 191 Å². The topological polar surface area (TPSA) is 84.9 Å². The van der Waals surface area contributed by atoms with Crippen molar-refractivity contribution in [2.45, 2.75) is 32.4 Å². The summed E-state index contributed by atoms with van der Waals surface area (Å²) < 4.78 is 20.0. The molecule has 1 aliphatic heterocycles. The van der Waals surface area contributed by atoms with E-state index < -0.39 is 0 Å². The van der Waals surface area contributed by atoms with E-state index in [1.807, 2.05) is 31.2 Å². The molecular formula is C25H25FN6O. The molecule has 0 atom stereocenters. The second-order valence-corrected chi connectivity index (χ2v) is 8.19. The first-order valence-corrected chi connectivity index (χ1v) is 11.1. The molecule has 0 bridgehead atoms. The molecule has 2 N–H and O–H groups in total. The summed E-state index contributed by atoms with van der Waals surface area (Å²) in [5, 5.41) is 15.9. The third-order valence-corrected chi connectivity index (χ3v) is 5.75. The Kier molecular flexibility index (Phi) is 6.08. The molecule has 0 amide bonds. The van der Waals surface area contributed by atoms with Crippen molar-refractivity contribution in [3.63, 3.8) is 0 Å². The molecule has 168 valence electrons. The maximum atomic E-state index is 13.5. The minimum atomic E-state index is -0.268. The molecule has 5 rings (SSSR count). The van der Waals surface area contributed by atoms with E-state index in [-0.39, 0.29) is 11.9 Å². The first kappa shape index (κ1) is 21.2. The molecule has 3 heterocycles. The fourth-order valence-electron chi connectivity index (χ4n) is 3.96. The van der Waals surface area contributed by atoms with Crippen molar-refractivity contribution < 1.29 is 9.13 Å². The van der Waals surface area contributed by atoms with Crippen LogP contribution in [0.25, 0.3) is 22.0 Å². The summed E-state index contributed by atoms with van der Waals surface area (Å²) in [5.41, 5.74) is 4.24. The van der Waals surface area contributed by atoms with Gasteiger partial charge in [-0.25, -0.2) is 14.4 Å². The normalized spacial score (nSPS) is 14.4. The van der Waals surface area contributed by atoms with E-state index >= 15 is 0 Å². The molecule has 0 spiro atoms. The zero-order valence-corrected chi connectivity index (χ0v) is 18.4. The Morgan fingerprint density at radius 1 is 1.00 bits per heavy atom. The van der Waals surface area contributed by atoms with E-state index in [9.17, 15) is 4.39 Å². The summed E-state index contributed by atoms with van der Waals surface area (Å²) in [7, 11) is 0. The predicted molar refractivity (Wildman–Crippen MR) is 126 cm³/mol. The molecule has 0 aliphatic carbocycles. The lowest BCUT2D eigenvalue weighted by Crippen LogP contribution is -2.34. The molecule has 1 fully saturated rings. The lowest BCUT2D eigenvalue weighted by molar-refractivity contribution is 0.164. The van der Waals surface area contributed by atoms with Crippen molar-refractivity contribution in [2.24, 2.45) is 0 Å². The van der Waals surface area contributed by atoms with Crippen molar-refractivity contribution in [3.8, 4) is 16.9 Å². The lowest BCUT2D eigenvalue weighted by Gasteiger charge is -2.25. The number of hydrogen-bond acceptors (Lipinski definition) is 7. The Morgan fingerprint density at radius 2 is 1.82 bits per heavy atom. The third-order valence-electron chi connectivity index (χ3n) is 5.75. The van der Waals surface area contributed by atoms with E-state index in [1.54, 1.807) is 18.5 Å². The Balaban J connectivity index is 1.54. The van der Waals surface area contributed by atoms with Crippen LogP contribution in [-0.4, -0.2) is 39.4 Å². The highest BCUT2D eigenvalue weighted by atomic mass is 19.1. The number of fused-ring (bicyclic) bond motifs is 1. The van der Waals surface area contributed by atoms with Crippen LogP contribution in [-0.2, 0) is 6.54 Å². The number of anilines is 1. The van der Waals surface area contributed by atoms with Crippen LogP contribution in [0.5, 0.6) is 5.75 Å². The molecule has 33 heavy (non-hydrogen) atoms. The van der Waals surface area contributed by atoms with E-state index in [0.717, 1.165) is 59.3 Å². The summed E-state index contributed by atoms with van der Waals surface area (Å²) in [6, 6.07) is 14.3. The van der Waals surface area contributed by atoms with Gasteiger partial charge >= 0.3 is 0 Å². The fraction of sp³-hybridized carbons (Fsp3) is 0.280. The largest absolute Gasteiger partial charge is 0.488 e. The Hall–Kier alpha value is -3.65. The summed E-state index contributed by atoms with van der Waals surface area (Å²) in [6.07, 6.45) is 3.53. The van der Waals surface area contributed by atoms with Crippen molar-refractivity contribution in [2.75, 3.05) is 18.4 Å². The molecule has 7 nitrogen and oxygen atoms in total. The molecule has 2 aromatic carbocycles. The van der Waals surface area contributed by atoms with Gasteiger partial charge in [-0.05, 0) is 80.4 Å². The third kappa shape index (κ3) is 4.90. The molecule has 4 aromatic rings. The quantitative estimate of drug-likeness (QED) is 0.459. The number of benzene rings is 2. The van der Waals surface area contributed by atoms with E-state index in [1.165, 1.54) is 12.1 Å². The van der Waals surface area contributed by atoms with Gasteiger partial charge in [-0.3, -0.25) is 0 Å². The Bertz CT molecular complexity index is 1240. The zero-order valence-electron chi connectivity index (χ0n) is 18.4. The maximum absolute atomic E-state index is 13.5. The minimum absolute atomic E-state index is 0.118. The first-order chi connectivity index (χ1) is 16.2. The van der Waals surface area contributed by atoms with Crippen molar-refractivity contribution in [1.82, 2.24) is 25.5 Å². The van der Waals surface area contributed by atoms with Crippen LogP contribution in [0.2, 0.25) is 0 Å². The van der Waals surface area contributed by atoms with Crippen LogP contribution >= 0.6 is 0 Å². The van der Waals surface area contributed by atoms with Crippen LogP contribution in [0.15, 0.2) is 54.9 Å². The van der Waals surface area contributed by atoms with Gasteiger partial charge in [-0.1, -0.05) is 12.1 Å². The fourth-order valence-corrected chi connectivity index (χ4v) is 3.96. The monoisotopic (exact) mass is 444 g/mol. The van der Waals surface area contributed by atoms with E-state index in [0.29, 0.717) is 18.1 Å². The smallest absolute Gasteiger partial charge is 0.146 e. The molecule has 0 unspecified atom stereocenters. The molecular weight excluding hydrogens is 419 g/mol. The van der Waals surface area contributed by atoms with Crippen molar-refractivity contribution in [1.29, 1.82) is 0 Å². The molecule has 0 saturated carbocycles. The second-order valence-electron chi connectivity index (χ2n) is 8.19. The molecule has 2 aromatic heterocycles. The summed E-state index contributed by atoms with van der Waals surface area (Å²) in [4.78, 5) is 9.02. The molecule has 1 saturated heterocycles. The van der Waals surface area contributed by atoms with Gasteiger partial charge in [-0.15, -0.1) is 0 Å². The number of hydrogen-bond donors (Lipinski definition) is 2. The SMILES string of the molecule is Cc1ccc(CNc2ncnc3c(OC4CCNCC4)cc(-c4ccc(F)cc4)cc23)nn1. The molecule has 0 radical (unpaired) electrons. The van der Waals surface area contributed by atoms with Gasteiger partial charge in [0.1, 0.15) is 35.3 Å². The van der Waals surface area contributed by atoms with Crippen LogP contribution in [0.4, 0.5) is 10.2 Å². The van der Waals surface area contributed by atoms with Gasteiger partial charge in [0.25, 0.3) is 0 Å². The van der Waals surface area contributed by atoms with Crippen LogP contribution < -0.4 is 15.4 Å². The number of nitrogens with zero attached hydrogens (tertiary/aromatic N) is 4. The molecule has 1 aliphatic rings. The number of aryl methyl sites for hydroxylation is 1. The number of aromatic nitrogens is 4. The van der Waals surface area contributed by atoms with Crippen molar-refractivity contribution in [3.05, 3.63) is 72.1 Å². The highest BCUT2D eigenvalue weighted by molar-refractivity contribution is 5.96. The lowest BCUT2D eigenvalue weighted by atomic mass is 10.0. The van der Waals surface area contributed by atoms with Gasteiger partial charge in [0, 0.05) is 5.39 Å². The van der Waals surface area contributed by atoms with Gasteiger partial charge in [0.15, 0.2) is 0 Å². The van der Waals surface area contributed by atoms with Gasteiger partial charge in [-0.2, -0.15) is 10.2 Å². The van der Waals surface area contributed by atoms with Crippen LogP contribution in [0, 0.1) is 12.7 Å².